The van der Waals surface area contributed by atoms with Gasteiger partial charge in [-0.2, -0.15) is 0 Å². The van der Waals surface area contributed by atoms with Crippen molar-refractivity contribution in [1.29, 1.82) is 0 Å². The summed E-state index contributed by atoms with van der Waals surface area (Å²) in [6, 6.07) is 7.31. The molecular weight excluding hydrogens is 248 g/mol. The Bertz CT molecular complexity index is 446. The molecule has 0 bridgehead atoms. The molecule has 5 heteroatoms. The lowest BCUT2D eigenvalue weighted by atomic mass is 10.0. The molecule has 0 amide bonds. The molecule has 19 heavy (non-hydrogen) atoms. The van der Waals surface area contributed by atoms with Gasteiger partial charge in [-0.3, -0.25) is 4.79 Å². The summed E-state index contributed by atoms with van der Waals surface area (Å²) in [7, 11) is 0. The Hall–Kier alpha value is -1.59. The second kappa shape index (κ2) is 5.19. The maximum absolute atomic E-state index is 11.0. The summed E-state index contributed by atoms with van der Waals surface area (Å²) in [4.78, 5) is 11.0. The molecule has 5 nitrogen and oxygen atoms in total. The Balaban J connectivity index is 1.93. The number of aliphatic hydroxyl groups is 2. The lowest BCUT2D eigenvalue weighted by Crippen LogP contribution is -2.39. The van der Waals surface area contributed by atoms with E-state index in [1.807, 2.05) is 12.1 Å². The van der Waals surface area contributed by atoms with E-state index in [1.165, 1.54) is 6.92 Å². The Morgan fingerprint density at radius 3 is 2.26 bits per heavy atom. The van der Waals surface area contributed by atoms with E-state index in [1.54, 1.807) is 19.1 Å². The molecule has 0 saturated heterocycles. The van der Waals surface area contributed by atoms with E-state index in [0.29, 0.717) is 17.9 Å². The van der Waals surface area contributed by atoms with E-state index in [-0.39, 0.29) is 6.42 Å². The molecule has 1 aromatic rings. The Kier molecular flexibility index (Phi) is 3.78. The zero-order valence-corrected chi connectivity index (χ0v) is 11.0. The summed E-state index contributed by atoms with van der Waals surface area (Å²) >= 11 is 0. The number of fused-ring (bicyclic) bond motifs is 1. The number of rotatable bonds is 5. The van der Waals surface area contributed by atoms with Gasteiger partial charge < -0.3 is 19.7 Å². The average molecular weight is 266 g/mol. The molecule has 1 aliphatic heterocycles. The second-order valence-corrected chi connectivity index (χ2v) is 4.95. The highest BCUT2D eigenvalue weighted by Gasteiger charge is 2.37. The minimum absolute atomic E-state index is 0.214. The van der Waals surface area contributed by atoms with Gasteiger partial charge in [0.1, 0.15) is 6.10 Å². The SMILES string of the molecule is CC(=O)[C@H](O)[C@@H](O)CCC1(C)Oc2ccccc2O1. The molecule has 2 atom stereocenters. The molecule has 104 valence electrons. The average Bonchev–Trinajstić information content (AvgIpc) is 2.71. The minimum Gasteiger partial charge on any atom is -0.449 e. The maximum Gasteiger partial charge on any atom is 0.249 e. The highest BCUT2D eigenvalue weighted by atomic mass is 16.7. The first-order chi connectivity index (χ1) is 8.91. The minimum atomic E-state index is -1.35. The van der Waals surface area contributed by atoms with Crippen LogP contribution in [0.1, 0.15) is 26.7 Å². The number of hydrogen-bond acceptors (Lipinski definition) is 5. The van der Waals surface area contributed by atoms with Crippen LogP contribution in [-0.4, -0.2) is 34.0 Å². The first-order valence-corrected chi connectivity index (χ1v) is 6.25. The van der Waals surface area contributed by atoms with Crippen LogP contribution in [0, 0.1) is 0 Å². The molecule has 0 fully saturated rings. The fourth-order valence-electron chi connectivity index (χ4n) is 2.05. The fraction of sp³-hybridized carbons (Fsp3) is 0.500. The molecule has 0 aliphatic carbocycles. The molecule has 1 aromatic carbocycles. The smallest absolute Gasteiger partial charge is 0.249 e. The lowest BCUT2D eigenvalue weighted by Gasteiger charge is -2.25. The van der Waals surface area contributed by atoms with Crippen LogP contribution in [0.5, 0.6) is 11.5 Å². The number of aliphatic hydroxyl groups excluding tert-OH is 2. The molecular formula is C14H18O5. The third-order valence-electron chi connectivity index (χ3n) is 3.18. The van der Waals surface area contributed by atoms with Gasteiger partial charge in [-0.1, -0.05) is 12.1 Å². The number of para-hydroxylation sites is 2. The Labute approximate surface area is 111 Å². The van der Waals surface area contributed by atoms with Crippen molar-refractivity contribution in [3.63, 3.8) is 0 Å². The van der Waals surface area contributed by atoms with E-state index < -0.39 is 23.8 Å². The first-order valence-electron chi connectivity index (χ1n) is 6.25. The molecule has 0 saturated carbocycles. The van der Waals surface area contributed by atoms with Crippen LogP contribution in [0.2, 0.25) is 0 Å². The third-order valence-corrected chi connectivity index (χ3v) is 3.18. The van der Waals surface area contributed by atoms with Gasteiger partial charge >= 0.3 is 0 Å². The molecule has 0 spiro atoms. The van der Waals surface area contributed by atoms with Gasteiger partial charge in [-0.15, -0.1) is 0 Å². The third kappa shape index (κ3) is 3.05. The number of carbonyl (C=O) groups excluding carboxylic acids is 1. The van der Waals surface area contributed by atoms with Gasteiger partial charge in [0.2, 0.25) is 5.79 Å². The quantitative estimate of drug-likeness (QED) is 0.839. The summed E-state index contributed by atoms with van der Waals surface area (Å²) in [6.45, 7) is 3.01. The zero-order chi connectivity index (χ0) is 14.0. The number of hydrogen-bond donors (Lipinski definition) is 2. The summed E-state index contributed by atoms with van der Waals surface area (Å²) < 4.78 is 11.4. The van der Waals surface area contributed by atoms with Crippen LogP contribution in [-0.2, 0) is 4.79 Å². The van der Waals surface area contributed by atoms with E-state index in [4.69, 9.17) is 9.47 Å². The second-order valence-electron chi connectivity index (χ2n) is 4.95. The standard InChI is InChI=1S/C14H18O5/c1-9(15)13(17)10(16)7-8-14(2)18-11-5-3-4-6-12(11)19-14/h3-6,10,13,16-17H,7-8H2,1-2H3/t10-,13-/m0/s1. The number of ketones is 1. The molecule has 0 aromatic heterocycles. The van der Waals surface area contributed by atoms with Crippen LogP contribution < -0.4 is 9.47 Å². The van der Waals surface area contributed by atoms with E-state index in [0.717, 1.165) is 0 Å². The van der Waals surface area contributed by atoms with Crippen LogP contribution in [0.4, 0.5) is 0 Å². The van der Waals surface area contributed by atoms with E-state index >= 15 is 0 Å². The van der Waals surface area contributed by atoms with Crippen LogP contribution in [0.25, 0.3) is 0 Å². The van der Waals surface area contributed by atoms with Crippen LogP contribution >= 0.6 is 0 Å². The van der Waals surface area contributed by atoms with Gasteiger partial charge in [0, 0.05) is 13.3 Å². The molecule has 2 rings (SSSR count). The fourth-order valence-corrected chi connectivity index (χ4v) is 2.05. The van der Waals surface area contributed by atoms with Crippen molar-refractivity contribution in [1.82, 2.24) is 0 Å². The summed E-state index contributed by atoms with van der Waals surface area (Å²) in [5, 5.41) is 19.1. The van der Waals surface area contributed by atoms with Crippen molar-refractivity contribution < 1.29 is 24.5 Å². The zero-order valence-electron chi connectivity index (χ0n) is 11.0. The molecule has 2 N–H and O–H groups in total. The monoisotopic (exact) mass is 266 g/mol. The van der Waals surface area contributed by atoms with Crippen molar-refractivity contribution >= 4 is 5.78 Å². The van der Waals surface area contributed by atoms with E-state index in [9.17, 15) is 15.0 Å². The number of carbonyl (C=O) groups is 1. The predicted octanol–water partition coefficient (Wildman–Crippen LogP) is 1.27. The van der Waals surface area contributed by atoms with Crippen molar-refractivity contribution in [2.45, 2.75) is 44.7 Å². The lowest BCUT2D eigenvalue weighted by molar-refractivity contribution is -0.132. The number of benzene rings is 1. The van der Waals surface area contributed by atoms with Gasteiger partial charge in [-0.25, -0.2) is 0 Å². The van der Waals surface area contributed by atoms with Gasteiger partial charge in [0.25, 0.3) is 0 Å². The highest BCUT2D eigenvalue weighted by Crippen LogP contribution is 2.40. The maximum atomic E-state index is 11.0. The number of Topliss-reactive ketones (excluding diaryl/α,β-unsaturated/α-hetero) is 1. The number of ether oxygens (including phenoxy) is 2. The Morgan fingerprint density at radius 2 is 1.79 bits per heavy atom. The normalized spacial score (nSPS) is 18.9. The van der Waals surface area contributed by atoms with Gasteiger partial charge in [0.05, 0.1) is 6.10 Å². The summed E-state index contributed by atoms with van der Waals surface area (Å²) in [5.41, 5.74) is 0. The largest absolute Gasteiger partial charge is 0.449 e. The Morgan fingerprint density at radius 1 is 1.26 bits per heavy atom. The highest BCUT2D eigenvalue weighted by molar-refractivity contribution is 5.80. The topological polar surface area (TPSA) is 76.0 Å². The van der Waals surface area contributed by atoms with Gasteiger partial charge in [0.15, 0.2) is 17.3 Å². The van der Waals surface area contributed by atoms with Crippen molar-refractivity contribution in [2.75, 3.05) is 0 Å². The summed E-state index contributed by atoms with van der Waals surface area (Å²) in [5.74, 6) is -0.00586. The van der Waals surface area contributed by atoms with Crippen molar-refractivity contribution in [3.8, 4) is 11.5 Å². The van der Waals surface area contributed by atoms with Gasteiger partial charge in [-0.05, 0) is 25.5 Å². The molecule has 0 unspecified atom stereocenters. The molecule has 1 aliphatic rings. The van der Waals surface area contributed by atoms with Crippen LogP contribution in [0.3, 0.4) is 0 Å². The van der Waals surface area contributed by atoms with Crippen LogP contribution in [0.15, 0.2) is 24.3 Å². The molecule has 0 radical (unpaired) electrons. The van der Waals surface area contributed by atoms with Crippen molar-refractivity contribution in [3.05, 3.63) is 24.3 Å². The van der Waals surface area contributed by atoms with E-state index in [2.05, 4.69) is 0 Å². The first kappa shape index (κ1) is 13.8. The predicted molar refractivity (Wildman–Crippen MR) is 68.0 cm³/mol. The van der Waals surface area contributed by atoms with Crippen molar-refractivity contribution in [2.24, 2.45) is 0 Å². The molecule has 1 heterocycles. The summed E-state index contributed by atoms with van der Waals surface area (Å²) in [6.07, 6.45) is -1.88.